The fraction of sp³-hybridized carbons (Fsp3) is 0.667. The molecule has 0 aromatic rings. The summed E-state index contributed by atoms with van der Waals surface area (Å²) in [6.45, 7) is 8.25. The van der Waals surface area contributed by atoms with Gasteiger partial charge < -0.3 is 4.90 Å². The Labute approximate surface area is 82.0 Å². The van der Waals surface area contributed by atoms with Crippen molar-refractivity contribution in [1.82, 2.24) is 4.90 Å². The molecule has 0 radical (unpaired) electrons. The van der Waals surface area contributed by atoms with E-state index >= 15 is 0 Å². The summed E-state index contributed by atoms with van der Waals surface area (Å²) in [6, 6.07) is 0. The molecule has 0 N–H and O–H groups in total. The predicted molar refractivity (Wildman–Crippen MR) is 44.5 cm³/mol. The van der Waals surface area contributed by atoms with Gasteiger partial charge in [0.1, 0.15) is 0 Å². The van der Waals surface area contributed by atoms with Gasteiger partial charge in [0.05, 0.1) is 0 Å². The average Bonchev–Trinajstić information content (AvgIpc) is 2.17. The van der Waals surface area contributed by atoms with Gasteiger partial charge in [-0.1, -0.05) is 12.8 Å². The Kier molecular flexibility index (Phi) is 6.96. The van der Waals surface area contributed by atoms with Crippen LogP contribution in [0.3, 0.4) is 0 Å². The smallest absolute Gasteiger partial charge is 0.360 e. The predicted octanol–water partition coefficient (Wildman–Crippen LogP) is -0.786. The normalized spacial score (nSPS) is 19.6. The van der Waals surface area contributed by atoms with Gasteiger partial charge in [0, 0.05) is 0 Å². The summed E-state index contributed by atoms with van der Waals surface area (Å²) in [5.74, 6) is 0. The molecule has 0 saturated carbocycles. The van der Waals surface area contributed by atoms with E-state index in [1.165, 1.54) is 38.8 Å². The summed E-state index contributed by atoms with van der Waals surface area (Å²) >= 11 is 0. The van der Waals surface area contributed by atoms with Crippen molar-refractivity contribution in [3.8, 4) is 0 Å². The fourth-order valence-corrected chi connectivity index (χ4v) is 1.39. The van der Waals surface area contributed by atoms with E-state index in [0.29, 0.717) is 0 Å². The first kappa shape index (κ1) is 11.2. The zero-order valence-electron chi connectivity index (χ0n) is 7.55. The van der Waals surface area contributed by atoms with Gasteiger partial charge in [-0.2, -0.15) is 6.54 Å². The molecular weight excluding hydrogens is 129 g/mol. The van der Waals surface area contributed by atoms with Crippen molar-refractivity contribution >= 4 is 0 Å². The molecule has 0 aliphatic carbocycles. The molecule has 1 heterocycles. The van der Waals surface area contributed by atoms with Crippen LogP contribution in [0.2, 0.25) is 0 Å². The van der Waals surface area contributed by atoms with E-state index in [9.17, 15) is 0 Å². The zero-order valence-corrected chi connectivity index (χ0v) is 7.55. The Morgan fingerprint density at radius 2 is 1.64 bits per heavy atom. The number of hydrogen-bond acceptors (Lipinski definition) is 1. The second-order valence-corrected chi connectivity index (χ2v) is 2.83. The molecule has 1 fully saturated rings. The minimum Gasteiger partial charge on any atom is -0.360 e. The zero-order chi connectivity index (χ0) is 7.23. The topological polar surface area (TPSA) is 3.24 Å². The molecule has 0 amide bonds. The maximum Gasteiger partial charge on any atom is 1.00 e. The van der Waals surface area contributed by atoms with Crippen molar-refractivity contribution in [1.29, 1.82) is 0 Å². The van der Waals surface area contributed by atoms with E-state index in [1.54, 1.807) is 0 Å². The van der Waals surface area contributed by atoms with Gasteiger partial charge >= 0.3 is 18.9 Å². The van der Waals surface area contributed by atoms with Crippen LogP contribution in [0.4, 0.5) is 0 Å². The molecule has 1 rings (SSSR count). The second kappa shape index (κ2) is 6.85. The molecule has 0 atom stereocenters. The van der Waals surface area contributed by atoms with Crippen LogP contribution in [-0.2, 0) is 0 Å². The Balaban J connectivity index is 0.000001000. The van der Waals surface area contributed by atoms with Gasteiger partial charge in [0.2, 0.25) is 0 Å². The molecule has 1 aliphatic heterocycles. The number of nitrogens with zero attached hydrogens (tertiary/aromatic N) is 1. The Morgan fingerprint density at radius 3 is 2.09 bits per heavy atom. The molecular formula is C9H16LiN. The molecule has 11 heavy (non-hydrogen) atoms. The average molecular weight is 145 g/mol. The summed E-state index contributed by atoms with van der Waals surface area (Å²) < 4.78 is 0. The molecule has 2 heteroatoms. The Hall–Kier alpha value is 0.167. The summed E-state index contributed by atoms with van der Waals surface area (Å²) in [5.41, 5.74) is 0. The monoisotopic (exact) mass is 145 g/mol. The van der Waals surface area contributed by atoms with E-state index in [0.717, 1.165) is 0 Å². The Morgan fingerprint density at radius 1 is 1.09 bits per heavy atom. The second-order valence-electron chi connectivity index (χ2n) is 2.83. The minimum atomic E-state index is 0. The van der Waals surface area contributed by atoms with Crippen molar-refractivity contribution in [3.63, 3.8) is 0 Å². The maximum absolute atomic E-state index is 3.69. The third-order valence-electron chi connectivity index (χ3n) is 1.96. The van der Waals surface area contributed by atoms with Crippen molar-refractivity contribution in [2.24, 2.45) is 0 Å². The van der Waals surface area contributed by atoms with Crippen LogP contribution in [0, 0.1) is 6.54 Å². The van der Waals surface area contributed by atoms with E-state index in [-0.39, 0.29) is 18.9 Å². The van der Waals surface area contributed by atoms with Gasteiger partial charge in [0.25, 0.3) is 0 Å². The molecule has 0 aromatic heterocycles. The van der Waals surface area contributed by atoms with Crippen molar-refractivity contribution in [2.75, 3.05) is 13.1 Å². The standard InChI is InChI=1S/C9H16N.Li/c1-2-7-10-8-5-3-4-6-9-10;/h2,7H,1,3-6,8-9H2;/q-1;+1. The van der Waals surface area contributed by atoms with Crippen molar-refractivity contribution in [3.05, 3.63) is 19.2 Å². The van der Waals surface area contributed by atoms with Crippen LogP contribution < -0.4 is 18.9 Å². The summed E-state index contributed by atoms with van der Waals surface area (Å²) in [7, 11) is 0. The quantitative estimate of drug-likeness (QED) is 0.364. The van der Waals surface area contributed by atoms with Crippen molar-refractivity contribution in [2.45, 2.75) is 25.7 Å². The third-order valence-corrected chi connectivity index (χ3v) is 1.96. The molecule has 58 valence electrons. The number of hydrogen-bond donors (Lipinski definition) is 0. The van der Waals surface area contributed by atoms with Crippen LogP contribution in [-0.4, -0.2) is 18.0 Å². The fourth-order valence-electron chi connectivity index (χ4n) is 1.39. The largest absolute Gasteiger partial charge is 1.00 e. The minimum absolute atomic E-state index is 0. The molecule has 0 unspecified atom stereocenters. The molecule has 1 aliphatic rings. The maximum atomic E-state index is 3.69. The van der Waals surface area contributed by atoms with Crippen LogP contribution in [0.25, 0.3) is 0 Å². The molecule has 0 spiro atoms. The van der Waals surface area contributed by atoms with Crippen molar-refractivity contribution < 1.29 is 18.9 Å². The van der Waals surface area contributed by atoms with Crippen LogP contribution in [0.15, 0.2) is 12.7 Å². The molecule has 0 aromatic carbocycles. The van der Waals surface area contributed by atoms with Gasteiger partial charge in [-0.15, -0.1) is 0 Å². The van der Waals surface area contributed by atoms with Gasteiger partial charge in [0.15, 0.2) is 0 Å². The van der Waals surface area contributed by atoms with Gasteiger partial charge in [-0.25, -0.2) is 12.7 Å². The SMILES string of the molecule is C=C[CH-]N1CCCCCC1.[Li+]. The first-order valence-electron chi connectivity index (χ1n) is 4.13. The van der Waals surface area contributed by atoms with E-state index < -0.39 is 0 Å². The molecule has 1 nitrogen and oxygen atoms in total. The third kappa shape index (κ3) is 4.58. The first-order chi connectivity index (χ1) is 4.93. The van der Waals surface area contributed by atoms with Gasteiger partial charge in [-0.05, 0) is 25.9 Å². The van der Waals surface area contributed by atoms with E-state index in [1.807, 2.05) is 6.08 Å². The Bertz CT molecular complexity index is 95.7. The van der Waals surface area contributed by atoms with Crippen LogP contribution in [0.1, 0.15) is 25.7 Å². The first-order valence-corrected chi connectivity index (χ1v) is 4.13. The van der Waals surface area contributed by atoms with Crippen LogP contribution in [0.5, 0.6) is 0 Å². The number of rotatable bonds is 2. The van der Waals surface area contributed by atoms with Crippen LogP contribution >= 0.6 is 0 Å². The summed E-state index contributed by atoms with van der Waals surface area (Å²) in [6.07, 6.45) is 7.39. The summed E-state index contributed by atoms with van der Waals surface area (Å²) in [5, 5.41) is 0. The molecule has 1 saturated heterocycles. The van der Waals surface area contributed by atoms with E-state index in [2.05, 4.69) is 18.0 Å². The summed E-state index contributed by atoms with van der Waals surface area (Å²) in [4.78, 5) is 2.36. The molecule has 0 bridgehead atoms. The number of likely N-dealkylation sites (tertiary alicyclic amines) is 1. The van der Waals surface area contributed by atoms with E-state index in [4.69, 9.17) is 0 Å². The van der Waals surface area contributed by atoms with Gasteiger partial charge in [-0.3, -0.25) is 0 Å².